The summed E-state index contributed by atoms with van der Waals surface area (Å²) in [5, 5.41) is 4.11. The normalized spacial score (nSPS) is 17.2. The Kier molecular flexibility index (Phi) is 6.33. The van der Waals surface area contributed by atoms with Gasteiger partial charge in [0.15, 0.2) is 0 Å². The minimum absolute atomic E-state index is 0.0117. The molecule has 34 heavy (non-hydrogen) atoms. The molecule has 1 aromatic heterocycles. The van der Waals surface area contributed by atoms with E-state index in [1.807, 2.05) is 29.2 Å². The van der Waals surface area contributed by atoms with E-state index < -0.39 is 0 Å². The van der Waals surface area contributed by atoms with E-state index in [0.717, 1.165) is 42.9 Å². The van der Waals surface area contributed by atoms with Crippen LogP contribution in [-0.4, -0.2) is 67.3 Å². The molecule has 0 aliphatic carbocycles. The lowest BCUT2D eigenvalue weighted by atomic mass is 9.95. The molecule has 0 N–H and O–H groups in total. The number of methoxy groups -OCH3 is 1. The summed E-state index contributed by atoms with van der Waals surface area (Å²) in [5.41, 5.74) is 1.86. The molecule has 9 heteroatoms. The average Bonchev–Trinajstić information content (AvgIpc) is 3.39. The number of nitrogens with zero attached hydrogens (tertiary/aromatic N) is 5. The van der Waals surface area contributed by atoms with E-state index in [-0.39, 0.29) is 17.6 Å². The highest BCUT2D eigenvalue weighted by Gasteiger charge is 2.32. The fraction of sp³-hybridized carbons (Fsp3) is 0.400. The summed E-state index contributed by atoms with van der Waals surface area (Å²) in [6.45, 7) is 4.29. The second kappa shape index (κ2) is 9.70. The first-order valence-corrected chi connectivity index (χ1v) is 11.6. The number of rotatable bonds is 5. The lowest BCUT2D eigenvalue weighted by molar-refractivity contribution is -0.136. The molecule has 178 valence electrons. The van der Waals surface area contributed by atoms with E-state index >= 15 is 0 Å². The maximum absolute atomic E-state index is 13.2. The van der Waals surface area contributed by atoms with Gasteiger partial charge >= 0.3 is 6.01 Å². The van der Waals surface area contributed by atoms with Crippen molar-refractivity contribution in [3.8, 4) is 17.1 Å². The summed E-state index contributed by atoms with van der Waals surface area (Å²) in [6, 6.07) is 14.5. The van der Waals surface area contributed by atoms with Gasteiger partial charge in [0, 0.05) is 56.4 Å². The minimum Gasteiger partial charge on any atom is -0.497 e. The Labute approximate surface area is 197 Å². The Morgan fingerprint density at radius 2 is 1.62 bits per heavy atom. The smallest absolute Gasteiger partial charge is 0.324 e. The summed E-state index contributed by atoms with van der Waals surface area (Å²) >= 11 is 0. The lowest BCUT2D eigenvalue weighted by Gasteiger charge is -2.39. The van der Waals surface area contributed by atoms with Crippen LogP contribution in [0.2, 0.25) is 0 Å². The summed E-state index contributed by atoms with van der Waals surface area (Å²) in [4.78, 5) is 23.9. The largest absolute Gasteiger partial charge is 0.497 e. The van der Waals surface area contributed by atoms with Gasteiger partial charge in [0.25, 0.3) is 0 Å². The number of amides is 1. The molecule has 0 bridgehead atoms. The first kappa shape index (κ1) is 22.2. The van der Waals surface area contributed by atoms with Gasteiger partial charge in [-0.2, -0.15) is 4.98 Å². The van der Waals surface area contributed by atoms with E-state index in [4.69, 9.17) is 9.26 Å². The highest BCUT2D eigenvalue weighted by Crippen LogP contribution is 2.27. The van der Waals surface area contributed by atoms with Crippen LogP contribution in [0, 0.1) is 11.7 Å². The summed E-state index contributed by atoms with van der Waals surface area (Å²) in [5.74, 6) is 1.31. The van der Waals surface area contributed by atoms with Crippen LogP contribution in [0.3, 0.4) is 0 Å². The van der Waals surface area contributed by atoms with E-state index in [1.54, 1.807) is 19.2 Å². The molecule has 0 radical (unpaired) electrons. The van der Waals surface area contributed by atoms with Gasteiger partial charge in [0.05, 0.1) is 7.11 Å². The van der Waals surface area contributed by atoms with Crippen LogP contribution in [0.1, 0.15) is 12.8 Å². The molecule has 2 aliphatic rings. The van der Waals surface area contributed by atoms with Gasteiger partial charge in [-0.3, -0.25) is 4.79 Å². The Bertz CT molecular complexity index is 1100. The van der Waals surface area contributed by atoms with Crippen molar-refractivity contribution in [3.05, 3.63) is 54.3 Å². The van der Waals surface area contributed by atoms with Crippen molar-refractivity contribution in [3.63, 3.8) is 0 Å². The van der Waals surface area contributed by atoms with E-state index in [0.29, 0.717) is 38.0 Å². The van der Waals surface area contributed by atoms with Crippen molar-refractivity contribution in [2.75, 3.05) is 56.2 Å². The number of carbonyl (C=O) groups excluding carboxylic acids is 1. The molecule has 1 amide bonds. The van der Waals surface area contributed by atoms with Crippen molar-refractivity contribution >= 4 is 17.6 Å². The zero-order valence-electron chi connectivity index (χ0n) is 19.2. The molecule has 2 saturated heterocycles. The number of hydrogen-bond donors (Lipinski definition) is 0. The van der Waals surface area contributed by atoms with Gasteiger partial charge < -0.3 is 24.0 Å². The predicted octanol–water partition coefficient (Wildman–Crippen LogP) is 3.45. The Morgan fingerprint density at radius 3 is 2.26 bits per heavy atom. The van der Waals surface area contributed by atoms with Crippen molar-refractivity contribution < 1.29 is 18.4 Å². The summed E-state index contributed by atoms with van der Waals surface area (Å²) in [6.07, 6.45) is 1.52. The number of hydrogen-bond acceptors (Lipinski definition) is 7. The van der Waals surface area contributed by atoms with Crippen LogP contribution in [0.25, 0.3) is 11.4 Å². The third-order valence-corrected chi connectivity index (χ3v) is 6.66. The van der Waals surface area contributed by atoms with Crippen molar-refractivity contribution in [2.45, 2.75) is 12.8 Å². The third kappa shape index (κ3) is 4.69. The molecule has 0 spiro atoms. The number of piperidine rings is 1. The van der Waals surface area contributed by atoms with E-state index in [9.17, 15) is 9.18 Å². The van der Waals surface area contributed by atoms with Gasteiger partial charge in [0.2, 0.25) is 11.7 Å². The van der Waals surface area contributed by atoms with Crippen LogP contribution in [0.15, 0.2) is 53.1 Å². The quantitative estimate of drug-likeness (QED) is 0.571. The SMILES string of the molecule is COc1ccc(-c2noc(N3CCC(C(=O)N4CCN(c5ccc(F)cc5)CC4)CC3)n2)cc1. The van der Waals surface area contributed by atoms with Crippen LogP contribution in [0.4, 0.5) is 16.1 Å². The van der Waals surface area contributed by atoms with Crippen LogP contribution >= 0.6 is 0 Å². The second-order valence-corrected chi connectivity index (χ2v) is 8.68. The van der Waals surface area contributed by atoms with E-state index in [2.05, 4.69) is 19.9 Å². The van der Waals surface area contributed by atoms with Crippen LogP contribution in [0.5, 0.6) is 5.75 Å². The molecule has 0 unspecified atom stereocenters. The molecule has 0 saturated carbocycles. The first-order chi connectivity index (χ1) is 16.6. The molecule has 3 aromatic rings. The van der Waals surface area contributed by atoms with Crippen molar-refractivity contribution in [1.82, 2.24) is 15.0 Å². The highest BCUT2D eigenvalue weighted by atomic mass is 19.1. The van der Waals surface area contributed by atoms with Gasteiger partial charge in [-0.15, -0.1) is 0 Å². The summed E-state index contributed by atoms with van der Waals surface area (Å²) in [7, 11) is 1.63. The van der Waals surface area contributed by atoms with Gasteiger partial charge in [0.1, 0.15) is 11.6 Å². The molecule has 8 nitrogen and oxygen atoms in total. The molecule has 2 fully saturated rings. The monoisotopic (exact) mass is 465 g/mol. The molecule has 5 rings (SSSR count). The predicted molar refractivity (Wildman–Crippen MR) is 126 cm³/mol. The second-order valence-electron chi connectivity index (χ2n) is 8.68. The number of piperazine rings is 1. The van der Waals surface area contributed by atoms with Gasteiger partial charge in [-0.25, -0.2) is 4.39 Å². The molecule has 2 aromatic carbocycles. The molecule has 0 atom stereocenters. The number of ether oxygens (including phenoxy) is 1. The van der Waals surface area contributed by atoms with E-state index in [1.165, 1.54) is 12.1 Å². The Balaban J connectivity index is 1.12. The van der Waals surface area contributed by atoms with Gasteiger partial charge in [-0.1, -0.05) is 5.16 Å². The highest BCUT2D eigenvalue weighted by molar-refractivity contribution is 5.79. The number of aromatic nitrogens is 2. The topological polar surface area (TPSA) is 74.9 Å². The number of carbonyl (C=O) groups is 1. The first-order valence-electron chi connectivity index (χ1n) is 11.6. The molecule has 3 heterocycles. The van der Waals surface area contributed by atoms with Crippen molar-refractivity contribution in [1.29, 1.82) is 0 Å². The number of benzene rings is 2. The summed E-state index contributed by atoms with van der Waals surface area (Å²) < 4.78 is 23.9. The zero-order valence-corrected chi connectivity index (χ0v) is 19.2. The van der Waals surface area contributed by atoms with Gasteiger partial charge in [-0.05, 0) is 61.4 Å². The minimum atomic E-state index is -0.235. The molecular weight excluding hydrogens is 437 g/mol. The van der Waals surface area contributed by atoms with Crippen molar-refractivity contribution in [2.24, 2.45) is 5.92 Å². The number of anilines is 2. The maximum atomic E-state index is 13.2. The fourth-order valence-electron chi connectivity index (χ4n) is 4.61. The third-order valence-electron chi connectivity index (χ3n) is 6.66. The molecular formula is C25H28FN5O3. The maximum Gasteiger partial charge on any atom is 0.324 e. The molecule has 2 aliphatic heterocycles. The van der Waals surface area contributed by atoms with Crippen LogP contribution < -0.4 is 14.5 Å². The fourth-order valence-corrected chi connectivity index (χ4v) is 4.61. The number of halogens is 1. The Morgan fingerprint density at radius 1 is 0.941 bits per heavy atom. The lowest BCUT2D eigenvalue weighted by Crippen LogP contribution is -2.51. The average molecular weight is 466 g/mol. The zero-order chi connectivity index (χ0) is 23.5. The van der Waals surface area contributed by atoms with Crippen LogP contribution in [-0.2, 0) is 4.79 Å². The standard InChI is InChI=1S/C25H28FN5O3/c1-33-22-8-2-18(3-9-22)23-27-25(34-28-23)31-12-10-19(11-13-31)24(32)30-16-14-29(15-17-30)21-6-4-20(26)5-7-21/h2-9,19H,10-17H2,1H3. The Hall–Kier alpha value is -3.62.